The van der Waals surface area contributed by atoms with Crippen LogP contribution in [0.15, 0.2) is 71.1 Å². The van der Waals surface area contributed by atoms with E-state index in [-0.39, 0.29) is 6.03 Å². The van der Waals surface area contributed by atoms with Gasteiger partial charge in [0.15, 0.2) is 5.58 Å². The molecule has 0 saturated heterocycles. The van der Waals surface area contributed by atoms with Gasteiger partial charge in [-0.15, -0.1) is 0 Å². The fourth-order valence-corrected chi connectivity index (χ4v) is 2.88. The maximum absolute atomic E-state index is 12.2. The lowest BCUT2D eigenvalue weighted by Crippen LogP contribution is -2.19. The minimum absolute atomic E-state index is 0.352. The molecule has 0 unspecified atom stereocenters. The van der Waals surface area contributed by atoms with E-state index < -0.39 is 0 Å². The minimum Gasteiger partial charge on any atom is -0.436 e. The van der Waals surface area contributed by atoms with E-state index in [9.17, 15) is 4.79 Å². The highest BCUT2D eigenvalue weighted by molar-refractivity contribution is 6.30. The van der Waals surface area contributed by atoms with Crippen LogP contribution in [0, 0.1) is 6.92 Å². The van der Waals surface area contributed by atoms with Gasteiger partial charge in [0.2, 0.25) is 5.89 Å². The van der Waals surface area contributed by atoms with Crippen LogP contribution < -0.4 is 10.6 Å². The Bertz CT molecular complexity index is 1120. The summed E-state index contributed by atoms with van der Waals surface area (Å²) in [4.78, 5) is 16.7. The maximum atomic E-state index is 12.2. The monoisotopic (exact) mass is 377 g/mol. The summed E-state index contributed by atoms with van der Waals surface area (Å²) in [5.41, 5.74) is 4.64. The lowest BCUT2D eigenvalue weighted by Gasteiger charge is -2.07. The quantitative estimate of drug-likeness (QED) is 0.453. The van der Waals surface area contributed by atoms with Crippen molar-refractivity contribution in [2.24, 2.45) is 0 Å². The summed E-state index contributed by atoms with van der Waals surface area (Å²) in [5.74, 6) is 0.561. The van der Waals surface area contributed by atoms with Crippen molar-refractivity contribution in [3.63, 3.8) is 0 Å². The van der Waals surface area contributed by atoms with Crippen molar-refractivity contribution in [1.29, 1.82) is 0 Å². The fourth-order valence-electron chi connectivity index (χ4n) is 2.76. The SMILES string of the molecule is Cc1ccccc1-c1nc2ccc(NC(=O)Nc3ccc(Cl)cc3)cc2o1. The van der Waals surface area contributed by atoms with Crippen molar-refractivity contribution in [1.82, 2.24) is 4.98 Å². The number of rotatable bonds is 3. The standard InChI is InChI=1S/C21H16ClN3O2/c1-13-4-2-3-5-17(13)20-25-18-11-10-16(12-19(18)27-20)24-21(26)23-15-8-6-14(22)7-9-15/h2-12H,1H3,(H2,23,24,26). The number of oxazole rings is 1. The van der Waals surface area contributed by atoms with E-state index >= 15 is 0 Å². The van der Waals surface area contributed by atoms with Gasteiger partial charge in [-0.25, -0.2) is 9.78 Å². The second kappa shape index (κ2) is 7.13. The normalized spacial score (nSPS) is 10.7. The molecule has 2 amide bonds. The van der Waals surface area contributed by atoms with Crippen LogP contribution in [0.5, 0.6) is 0 Å². The van der Waals surface area contributed by atoms with Gasteiger partial charge in [-0.1, -0.05) is 29.8 Å². The van der Waals surface area contributed by atoms with Crippen molar-refractivity contribution in [3.8, 4) is 11.5 Å². The van der Waals surface area contributed by atoms with Crippen LogP contribution in [-0.2, 0) is 0 Å². The van der Waals surface area contributed by atoms with Gasteiger partial charge in [0.05, 0.1) is 0 Å². The van der Waals surface area contributed by atoms with Crippen LogP contribution in [0.1, 0.15) is 5.56 Å². The smallest absolute Gasteiger partial charge is 0.323 e. The van der Waals surface area contributed by atoms with E-state index in [4.69, 9.17) is 16.0 Å². The fraction of sp³-hybridized carbons (Fsp3) is 0.0476. The molecule has 3 aromatic carbocycles. The van der Waals surface area contributed by atoms with Crippen molar-refractivity contribution in [3.05, 3.63) is 77.3 Å². The number of urea groups is 1. The Morgan fingerprint density at radius 1 is 0.963 bits per heavy atom. The number of carbonyl (C=O) groups is 1. The Morgan fingerprint density at radius 2 is 1.67 bits per heavy atom. The molecular weight excluding hydrogens is 362 g/mol. The van der Waals surface area contributed by atoms with Gasteiger partial charge in [-0.05, 0) is 55.0 Å². The molecule has 4 aromatic rings. The first-order valence-corrected chi connectivity index (χ1v) is 8.76. The zero-order valence-electron chi connectivity index (χ0n) is 14.5. The first kappa shape index (κ1) is 17.1. The number of halogens is 1. The molecule has 0 aliphatic heterocycles. The zero-order chi connectivity index (χ0) is 18.8. The number of fused-ring (bicyclic) bond motifs is 1. The van der Waals surface area contributed by atoms with Crippen molar-refractivity contribution >= 4 is 40.1 Å². The molecule has 0 atom stereocenters. The Kier molecular flexibility index (Phi) is 4.52. The van der Waals surface area contributed by atoms with E-state index in [1.807, 2.05) is 37.3 Å². The number of carbonyl (C=O) groups excluding carboxylic acids is 1. The average molecular weight is 378 g/mol. The topological polar surface area (TPSA) is 67.2 Å². The Labute approximate surface area is 161 Å². The van der Waals surface area contributed by atoms with Gasteiger partial charge in [0, 0.05) is 28.0 Å². The van der Waals surface area contributed by atoms with Gasteiger partial charge in [0.1, 0.15) is 5.52 Å². The van der Waals surface area contributed by atoms with E-state index in [1.54, 1.807) is 36.4 Å². The molecule has 27 heavy (non-hydrogen) atoms. The van der Waals surface area contributed by atoms with Gasteiger partial charge < -0.3 is 15.1 Å². The number of nitrogens with one attached hydrogen (secondary N) is 2. The van der Waals surface area contributed by atoms with Crippen LogP contribution in [0.25, 0.3) is 22.6 Å². The second-order valence-electron chi connectivity index (χ2n) is 6.10. The van der Waals surface area contributed by atoms with Crippen LogP contribution in [0.4, 0.5) is 16.2 Å². The minimum atomic E-state index is -0.352. The molecule has 134 valence electrons. The van der Waals surface area contributed by atoms with Gasteiger partial charge in [-0.3, -0.25) is 0 Å². The Hall–Kier alpha value is -3.31. The molecule has 5 nitrogen and oxygen atoms in total. The molecule has 1 aromatic heterocycles. The number of aromatic nitrogens is 1. The van der Waals surface area contributed by atoms with Crippen molar-refractivity contribution in [2.75, 3.05) is 10.6 Å². The van der Waals surface area contributed by atoms with Crippen LogP contribution >= 0.6 is 11.6 Å². The molecule has 0 fully saturated rings. The molecule has 2 N–H and O–H groups in total. The first-order chi connectivity index (χ1) is 13.1. The van der Waals surface area contributed by atoms with Crippen molar-refractivity contribution in [2.45, 2.75) is 6.92 Å². The summed E-state index contributed by atoms with van der Waals surface area (Å²) in [5, 5.41) is 6.15. The number of hydrogen-bond acceptors (Lipinski definition) is 3. The lowest BCUT2D eigenvalue weighted by molar-refractivity contribution is 0.262. The molecule has 6 heteroatoms. The van der Waals surface area contributed by atoms with Crippen LogP contribution in [0.3, 0.4) is 0 Å². The zero-order valence-corrected chi connectivity index (χ0v) is 15.2. The number of hydrogen-bond donors (Lipinski definition) is 2. The summed E-state index contributed by atoms with van der Waals surface area (Å²) >= 11 is 5.84. The van der Waals surface area contributed by atoms with Gasteiger partial charge in [0.25, 0.3) is 0 Å². The number of amides is 2. The summed E-state index contributed by atoms with van der Waals surface area (Å²) in [7, 11) is 0. The summed E-state index contributed by atoms with van der Waals surface area (Å²) in [6, 6.07) is 19.8. The third kappa shape index (κ3) is 3.78. The Balaban J connectivity index is 1.54. The third-order valence-corrected chi connectivity index (χ3v) is 4.38. The first-order valence-electron chi connectivity index (χ1n) is 8.39. The molecule has 0 radical (unpaired) electrons. The van der Waals surface area contributed by atoms with E-state index in [2.05, 4.69) is 15.6 Å². The molecular formula is C21H16ClN3O2. The average Bonchev–Trinajstić information content (AvgIpc) is 3.07. The maximum Gasteiger partial charge on any atom is 0.323 e. The van der Waals surface area contributed by atoms with E-state index in [1.165, 1.54) is 0 Å². The summed E-state index contributed by atoms with van der Waals surface area (Å²) < 4.78 is 5.89. The molecule has 4 rings (SSSR count). The predicted octanol–water partition coefficient (Wildman–Crippen LogP) is 6.10. The molecule has 0 aliphatic carbocycles. The summed E-state index contributed by atoms with van der Waals surface area (Å²) in [6.07, 6.45) is 0. The highest BCUT2D eigenvalue weighted by atomic mass is 35.5. The number of benzene rings is 3. The molecule has 0 bridgehead atoms. The molecule has 0 aliphatic rings. The third-order valence-electron chi connectivity index (χ3n) is 4.12. The second-order valence-corrected chi connectivity index (χ2v) is 6.54. The highest BCUT2D eigenvalue weighted by Gasteiger charge is 2.11. The summed E-state index contributed by atoms with van der Waals surface area (Å²) in [6.45, 7) is 2.01. The van der Waals surface area contributed by atoms with Gasteiger partial charge >= 0.3 is 6.03 Å². The number of nitrogens with zero attached hydrogens (tertiary/aromatic N) is 1. The largest absolute Gasteiger partial charge is 0.436 e. The molecule has 0 saturated carbocycles. The molecule has 1 heterocycles. The van der Waals surface area contributed by atoms with E-state index in [0.717, 1.165) is 16.6 Å². The van der Waals surface area contributed by atoms with Crippen LogP contribution in [-0.4, -0.2) is 11.0 Å². The lowest BCUT2D eigenvalue weighted by atomic mass is 10.1. The molecule has 0 spiro atoms. The van der Waals surface area contributed by atoms with Crippen LogP contribution in [0.2, 0.25) is 5.02 Å². The van der Waals surface area contributed by atoms with E-state index in [0.29, 0.717) is 27.9 Å². The highest BCUT2D eigenvalue weighted by Crippen LogP contribution is 2.28. The Morgan fingerprint density at radius 3 is 2.44 bits per heavy atom. The van der Waals surface area contributed by atoms with Crippen molar-refractivity contribution < 1.29 is 9.21 Å². The number of aryl methyl sites for hydroxylation is 1. The van der Waals surface area contributed by atoms with Gasteiger partial charge in [-0.2, -0.15) is 0 Å². The predicted molar refractivity (Wildman–Crippen MR) is 108 cm³/mol. The number of anilines is 2.